The third kappa shape index (κ3) is 7.50. The number of ether oxygens (including phenoxy) is 3. The molecule has 1 rings (SSSR count). The van der Waals surface area contributed by atoms with E-state index in [1.165, 1.54) is 11.0 Å². The van der Waals surface area contributed by atoms with E-state index in [1.807, 2.05) is 5.32 Å². The standard InChI is InChI=1S/C16H24F3N3O5/c1-14(2,3)27-13(24)22-11(9-26-15(22,4)5)8-25-12(23)21-10(7-20)6-16(17,18)19/h10-11H,6,8-9H2,1-5H3,(H,21,23)/t10?,11-/m0/s1. The molecule has 0 aromatic rings. The average molecular weight is 395 g/mol. The fourth-order valence-electron chi connectivity index (χ4n) is 2.40. The number of carbonyl (C=O) groups is 2. The molecule has 0 bridgehead atoms. The SMILES string of the molecule is CC(C)(C)OC(=O)N1[C@@H](COC(=O)NC(C#N)CC(F)(F)F)COC1(C)C. The highest BCUT2D eigenvalue weighted by Crippen LogP contribution is 2.29. The predicted octanol–water partition coefficient (Wildman–Crippen LogP) is 2.93. The molecule has 0 radical (unpaired) electrons. The highest BCUT2D eigenvalue weighted by atomic mass is 19.4. The van der Waals surface area contributed by atoms with Crippen LogP contribution < -0.4 is 5.32 Å². The average Bonchev–Trinajstić information content (AvgIpc) is 2.76. The minimum atomic E-state index is -4.61. The number of hydrogen-bond donors (Lipinski definition) is 1. The molecule has 11 heteroatoms. The van der Waals surface area contributed by atoms with E-state index in [1.54, 1.807) is 34.6 Å². The van der Waals surface area contributed by atoms with Crippen LogP contribution in [0, 0.1) is 11.3 Å². The molecule has 154 valence electrons. The Morgan fingerprint density at radius 2 is 1.96 bits per heavy atom. The van der Waals surface area contributed by atoms with E-state index in [-0.39, 0.29) is 13.2 Å². The van der Waals surface area contributed by atoms with Gasteiger partial charge in [-0.05, 0) is 34.6 Å². The summed E-state index contributed by atoms with van der Waals surface area (Å²) < 4.78 is 52.7. The number of amides is 2. The maximum atomic E-state index is 12.4. The lowest BCUT2D eigenvalue weighted by atomic mass is 10.2. The maximum absolute atomic E-state index is 12.4. The summed E-state index contributed by atoms with van der Waals surface area (Å²) in [7, 11) is 0. The zero-order valence-corrected chi connectivity index (χ0v) is 15.8. The van der Waals surface area contributed by atoms with Gasteiger partial charge in [-0.15, -0.1) is 0 Å². The molecule has 27 heavy (non-hydrogen) atoms. The third-order valence-corrected chi connectivity index (χ3v) is 3.45. The van der Waals surface area contributed by atoms with Gasteiger partial charge in [0.2, 0.25) is 0 Å². The van der Waals surface area contributed by atoms with Crippen molar-refractivity contribution in [3.05, 3.63) is 0 Å². The molecule has 8 nitrogen and oxygen atoms in total. The summed E-state index contributed by atoms with van der Waals surface area (Å²) in [6.45, 7) is 8.05. The Kier molecular flexibility index (Phi) is 6.94. The van der Waals surface area contributed by atoms with E-state index in [2.05, 4.69) is 0 Å². The van der Waals surface area contributed by atoms with Gasteiger partial charge in [0.25, 0.3) is 0 Å². The van der Waals surface area contributed by atoms with Gasteiger partial charge in [-0.3, -0.25) is 4.90 Å². The van der Waals surface area contributed by atoms with Crippen LogP contribution in [0.2, 0.25) is 0 Å². The number of carbonyl (C=O) groups excluding carboxylic acids is 2. The number of nitriles is 1. The van der Waals surface area contributed by atoms with E-state index in [9.17, 15) is 22.8 Å². The lowest BCUT2D eigenvalue weighted by Crippen LogP contribution is -2.51. The van der Waals surface area contributed by atoms with Gasteiger partial charge in [0.1, 0.15) is 24.0 Å². The second-order valence-electron chi connectivity index (χ2n) is 7.51. The van der Waals surface area contributed by atoms with Crippen LogP contribution in [0.5, 0.6) is 0 Å². The molecule has 1 saturated heterocycles. The van der Waals surface area contributed by atoms with Gasteiger partial charge in [-0.25, -0.2) is 9.59 Å². The Balaban J connectivity index is 2.67. The maximum Gasteiger partial charge on any atom is 0.413 e. The molecule has 0 aromatic heterocycles. The topological polar surface area (TPSA) is 101 Å². The van der Waals surface area contributed by atoms with Crippen LogP contribution >= 0.6 is 0 Å². The number of halogens is 3. The van der Waals surface area contributed by atoms with Crippen LogP contribution in [0.15, 0.2) is 0 Å². The van der Waals surface area contributed by atoms with Crippen molar-refractivity contribution >= 4 is 12.2 Å². The van der Waals surface area contributed by atoms with Crippen LogP contribution in [0.3, 0.4) is 0 Å². The van der Waals surface area contributed by atoms with Crippen molar-refractivity contribution < 1.29 is 37.0 Å². The summed E-state index contributed by atoms with van der Waals surface area (Å²) in [6.07, 6.45) is -7.97. The van der Waals surface area contributed by atoms with Crippen molar-refractivity contribution in [2.24, 2.45) is 0 Å². The molecule has 2 amide bonds. The van der Waals surface area contributed by atoms with E-state index < -0.39 is 48.2 Å². The number of alkyl carbamates (subject to hydrolysis) is 1. The van der Waals surface area contributed by atoms with Crippen molar-refractivity contribution in [1.82, 2.24) is 10.2 Å². The van der Waals surface area contributed by atoms with Crippen molar-refractivity contribution in [2.75, 3.05) is 13.2 Å². The monoisotopic (exact) mass is 395 g/mol. The first-order chi connectivity index (χ1) is 12.1. The van der Waals surface area contributed by atoms with Crippen LogP contribution in [-0.4, -0.2) is 59.9 Å². The van der Waals surface area contributed by atoms with Gasteiger partial charge < -0.3 is 19.5 Å². The number of nitrogens with one attached hydrogen (secondary N) is 1. The summed E-state index contributed by atoms with van der Waals surface area (Å²) in [4.78, 5) is 25.4. The van der Waals surface area contributed by atoms with Crippen molar-refractivity contribution in [3.8, 4) is 6.07 Å². The van der Waals surface area contributed by atoms with Gasteiger partial charge >= 0.3 is 18.4 Å². The van der Waals surface area contributed by atoms with Gasteiger partial charge in [0.15, 0.2) is 0 Å². The van der Waals surface area contributed by atoms with Crippen molar-refractivity contribution in [3.63, 3.8) is 0 Å². The molecular formula is C16H24F3N3O5. The zero-order valence-electron chi connectivity index (χ0n) is 15.8. The smallest absolute Gasteiger partial charge is 0.413 e. The summed E-state index contributed by atoms with van der Waals surface area (Å²) in [5.41, 5.74) is -1.77. The fraction of sp³-hybridized carbons (Fsp3) is 0.812. The molecular weight excluding hydrogens is 371 g/mol. The molecule has 0 aromatic carbocycles. The van der Waals surface area contributed by atoms with E-state index >= 15 is 0 Å². The number of hydrogen-bond acceptors (Lipinski definition) is 6. The molecule has 0 saturated carbocycles. The van der Waals surface area contributed by atoms with Crippen LogP contribution in [0.4, 0.5) is 22.8 Å². The van der Waals surface area contributed by atoms with Gasteiger partial charge in [0.05, 0.1) is 25.1 Å². The van der Waals surface area contributed by atoms with E-state index in [0.717, 1.165) is 0 Å². The Bertz CT molecular complexity index is 596. The first-order valence-corrected chi connectivity index (χ1v) is 8.20. The Hall–Kier alpha value is -2.22. The molecule has 1 fully saturated rings. The third-order valence-electron chi connectivity index (χ3n) is 3.45. The minimum Gasteiger partial charge on any atom is -0.447 e. The molecule has 1 N–H and O–H groups in total. The number of alkyl halides is 3. The van der Waals surface area contributed by atoms with E-state index in [4.69, 9.17) is 19.5 Å². The predicted molar refractivity (Wildman–Crippen MR) is 86.4 cm³/mol. The van der Waals surface area contributed by atoms with Crippen LogP contribution in [0.25, 0.3) is 0 Å². The molecule has 1 unspecified atom stereocenters. The Labute approximate surface area is 155 Å². The van der Waals surface area contributed by atoms with E-state index in [0.29, 0.717) is 0 Å². The highest BCUT2D eigenvalue weighted by molar-refractivity contribution is 5.70. The molecule has 0 spiro atoms. The quantitative estimate of drug-likeness (QED) is 0.785. The summed E-state index contributed by atoms with van der Waals surface area (Å²) in [6, 6.07) is -1.12. The largest absolute Gasteiger partial charge is 0.447 e. The molecule has 2 atom stereocenters. The molecule has 1 aliphatic heterocycles. The van der Waals surface area contributed by atoms with Gasteiger partial charge in [0, 0.05) is 0 Å². The molecule has 1 heterocycles. The first-order valence-electron chi connectivity index (χ1n) is 8.20. The summed E-state index contributed by atoms with van der Waals surface area (Å²) in [5, 5.41) is 10.5. The molecule has 1 aliphatic rings. The fourth-order valence-corrected chi connectivity index (χ4v) is 2.40. The summed E-state index contributed by atoms with van der Waals surface area (Å²) >= 11 is 0. The lowest BCUT2D eigenvalue weighted by molar-refractivity contribution is -0.136. The normalized spacial score (nSPS) is 20.6. The van der Waals surface area contributed by atoms with Crippen LogP contribution in [0.1, 0.15) is 41.0 Å². The van der Waals surface area contributed by atoms with Gasteiger partial charge in [-0.1, -0.05) is 0 Å². The van der Waals surface area contributed by atoms with Gasteiger partial charge in [-0.2, -0.15) is 18.4 Å². The minimum absolute atomic E-state index is 0.0454. The second-order valence-corrected chi connectivity index (χ2v) is 7.51. The Morgan fingerprint density at radius 3 is 2.44 bits per heavy atom. The Morgan fingerprint density at radius 1 is 1.37 bits per heavy atom. The second kappa shape index (κ2) is 8.21. The number of nitrogens with zero attached hydrogens (tertiary/aromatic N) is 2. The zero-order chi connectivity index (χ0) is 21.0. The first kappa shape index (κ1) is 22.8. The van der Waals surface area contributed by atoms with Crippen LogP contribution in [-0.2, 0) is 14.2 Å². The molecule has 0 aliphatic carbocycles. The highest BCUT2D eigenvalue weighted by Gasteiger charge is 2.46. The lowest BCUT2D eigenvalue weighted by Gasteiger charge is -2.34. The summed E-state index contributed by atoms with van der Waals surface area (Å²) in [5.74, 6) is 0. The van der Waals surface area contributed by atoms with Crippen molar-refractivity contribution in [1.29, 1.82) is 5.26 Å². The van der Waals surface area contributed by atoms with Crippen molar-refractivity contribution in [2.45, 2.75) is 70.6 Å². The number of rotatable bonds is 4.